The van der Waals surface area contributed by atoms with Gasteiger partial charge in [0.25, 0.3) is 5.91 Å². The van der Waals surface area contributed by atoms with Crippen molar-refractivity contribution in [3.63, 3.8) is 0 Å². The van der Waals surface area contributed by atoms with Crippen LogP contribution in [0, 0.1) is 0 Å². The molecule has 0 aromatic heterocycles. The number of benzene rings is 1. The first-order chi connectivity index (χ1) is 10.1. The first-order valence-corrected chi connectivity index (χ1v) is 7.25. The van der Waals surface area contributed by atoms with Crippen LogP contribution in [0.2, 0.25) is 0 Å². The van der Waals surface area contributed by atoms with Crippen LogP contribution in [0.4, 0.5) is 0 Å². The Morgan fingerprint density at radius 1 is 1.29 bits per heavy atom. The summed E-state index contributed by atoms with van der Waals surface area (Å²) in [6.45, 7) is 0.519. The van der Waals surface area contributed by atoms with E-state index in [1.54, 1.807) is 4.90 Å². The van der Waals surface area contributed by atoms with Crippen LogP contribution in [0.3, 0.4) is 0 Å². The molecule has 1 saturated heterocycles. The topological polar surface area (TPSA) is 66.8 Å². The Labute approximate surface area is 123 Å². The lowest BCUT2D eigenvalue weighted by Gasteiger charge is -2.23. The minimum absolute atomic E-state index is 0.106. The van der Waals surface area contributed by atoms with Crippen LogP contribution >= 0.6 is 0 Å². The molecule has 0 radical (unpaired) electrons. The summed E-state index contributed by atoms with van der Waals surface area (Å²) in [7, 11) is 1.39. The van der Waals surface area contributed by atoms with E-state index >= 15 is 0 Å². The summed E-state index contributed by atoms with van der Waals surface area (Å²) < 4.78 is 5.16. The van der Waals surface area contributed by atoms with Gasteiger partial charge in [0, 0.05) is 25.6 Å². The second-order valence-corrected chi connectivity index (χ2v) is 5.82. The molecule has 3 rings (SSSR count). The van der Waals surface area contributed by atoms with E-state index in [1.807, 2.05) is 18.2 Å². The standard InChI is InChI=1S/C16H19NO4/c1-21-16(15(19)20)7-8-17(10-16)14(18)13-6-5-11-3-2-4-12(11)9-13/h5-6,9H,2-4,7-8,10H2,1H3,(H,19,20). The zero-order valence-electron chi connectivity index (χ0n) is 12.1. The summed E-state index contributed by atoms with van der Waals surface area (Å²) in [6.07, 6.45) is 3.57. The normalized spacial score (nSPS) is 24.1. The molecule has 1 aliphatic heterocycles. The number of ether oxygens (including phenoxy) is 1. The van der Waals surface area contributed by atoms with Crippen molar-refractivity contribution in [2.75, 3.05) is 20.2 Å². The van der Waals surface area contributed by atoms with E-state index in [2.05, 4.69) is 0 Å². The maximum atomic E-state index is 12.6. The third-order valence-corrected chi connectivity index (χ3v) is 4.64. The molecular weight excluding hydrogens is 270 g/mol. The highest BCUT2D eigenvalue weighted by molar-refractivity contribution is 5.95. The van der Waals surface area contributed by atoms with E-state index in [0.29, 0.717) is 18.5 Å². The van der Waals surface area contributed by atoms with Gasteiger partial charge in [-0.2, -0.15) is 0 Å². The average Bonchev–Trinajstić information content (AvgIpc) is 3.13. The number of fused-ring (bicyclic) bond motifs is 1. The Kier molecular flexibility index (Phi) is 3.45. The van der Waals surface area contributed by atoms with Crippen molar-refractivity contribution in [2.24, 2.45) is 0 Å². The molecule has 1 aliphatic carbocycles. The number of carboxylic acids is 1. The molecule has 1 amide bonds. The van der Waals surface area contributed by atoms with Gasteiger partial charge in [0.2, 0.25) is 0 Å². The number of likely N-dealkylation sites (tertiary alicyclic amines) is 1. The number of aryl methyl sites for hydroxylation is 2. The number of rotatable bonds is 3. The predicted molar refractivity (Wildman–Crippen MR) is 76.4 cm³/mol. The fourth-order valence-electron chi connectivity index (χ4n) is 3.27. The number of amides is 1. The van der Waals surface area contributed by atoms with Crippen molar-refractivity contribution >= 4 is 11.9 Å². The largest absolute Gasteiger partial charge is 0.479 e. The van der Waals surface area contributed by atoms with Crippen molar-refractivity contribution in [1.82, 2.24) is 4.90 Å². The Bertz CT molecular complexity index is 598. The molecule has 1 fully saturated rings. The molecular formula is C16H19NO4. The van der Waals surface area contributed by atoms with E-state index in [9.17, 15) is 14.7 Å². The molecule has 0 spiro atoms. The highest BCUT2D eigenvalue weighted by Crippen LogP contribution is 2.28. The second kappa shape index (κ2) is 5.15. The van der Waals surface area contributed by atoms with Gasteiger partial charge in [-0.1, -0.05) is 6.07 Å². The number of nitrogens with zero attached hydrogens (tertiary/aromatic N) is 1. The zero-order valence-corrected chi connectivity index (χ0v) is 12.1. The van der Waals surface area contributed by atoms with Crippen LogP contribution in [-0.4, -0.2) is 47.7 Å². The van der Waals surface area contributed by atoms with Crippen molar-refractivity contribution in [3.8, 4) is 0 Å². The molecule has 1 aromatic rings. The minimum Gasteiger partial charge on any atom is -0.479 e. The zero-order chi connectivity index (χ0) is 15.0. The van der Waals surface area contributed by atoms with Crippen molar-refractivity contribution in [2.45, 2.75) is 31.3 Å². The van der Waals surface area contributed by atoms with Crippen molar-refractivity contribution in [3.05, 3.63) is 34.9 Å². The van der Waals surface area contributed by atoms with Crippen LogP contribution in [0.15, 0.2) is 18.2 Å². The minimum atomic E-state index is -1.26. The van der Waals surface area contributed by atoms with E-state index in [0.717, 1.165) is 19.3 Å². The van der Waals surface area contributed by atoms with Gasteiger partial charge in [0.1, 0.15) is 0 Å². The van der Waals surface area contributed by atoms with E-state index in [4.69, 9.17) is 4.74 Å². The molecule has 2 aliphatic rings. The first-order valence-electron chi connectivity index (χ1n) is 7.25. The highest BCUT2D eigenvalue weighted by atomic mass is 16.5. The number of hydrogen-bond acceptors (Lipinski definition) is 3. The van der Waals surface area contributed by atoms with Crippen LogP contribution in [0.25, 0.3) is 0 Å². The molecule has 1 N–H and O–H groups in total. The fourth-order valence-corrected chi connectivity index (χ4v) is 3.27. The van der Waals surface area contributed by atoms with Gasteiger partial charge in [-0.3, -0.25) is 4.79 Å². The van der Waals surface area contributed by atoms with Crippen LogP contribution in [-0.2, 0) is 22.4 Å². The predicted octanol–water partition coefficient (Wildman–Crippen LogP) is 1.49. The van der Waals surface area contributed by atoms with Gasteiger partial charge in [-0.15, -0.1) is 0 Å². The molecule has 21 heavy (non-hydrogen) atoms. The number of aliphatic carboxylic acids is 1. The molecule has 0 bridgehead atoms. The van der Waals surface area contributed by atoms with Crippen molar-refractivity contribution < 1.29 is 19.4 Å². The van der Waals surface area contributed by atoms with Crippen LogP contribution in [0.1, 0.15) is 34.3 Å². The number of carbonyl (C=O) groups excluding carboxylic acids is 1. The van der Waals surface area contributed by atoms with E-state index in [-0.39, 0.29) is 12.5 Å². The monoisotopic (exact) mass is 289 g/mol. The van der Waals surface area contributed by atoms with Gasteiger partial charge < -0.3 is 14.7 Å². The lowest BCUT2D eigenvalue weighted by molar-refractivity contribution is -0.160. The molecule has 1 atom stereocenters. The molecule has 5 heteroatoms. The molecule has 1 aromatic carbocycles. The van der Waals surface area contributed by atoms with Gasteiger partial charge in [0.05, 0.1) is 6.54 Å². The van der Waals surface area contributed by atoms with E-state index in [1.165, 1.54) is 18.2 Å². The summed E-state index contributed by atoms with van der Waals surface area (Å²) in [5.41, 5.74) is 1.96. The van der Waals surface area contributed by atoms with Gasteiger partial charge in [-0.05, 0) is 42.5 Å². The molecule has 1 unspecified atom stereocenters. The van der Waals surface area contributed by atoms with E-state index < -0.39 is 11.6 Å². The number of hydrogen-bond donors (Lipinski definition) is 1. The van der Waals surface area contributed by atoms with Crippen LogP contribution in [0.5, 0.6) is 0 Å². The maximum absolute atomic E-state index is 12.6. The Morgan fingerprint density at radius 3 is 2.71 bits per heavy atom. The molecule has 1 heterocycles. The smallest absolute Gasteiger partial charge is 0.337 e. The molecule has 5 nitrogen and oxygen atoms in total. The Hall–Kier alpha value is -1.88. The summed E-state index contributed by atoms with van der Waals surface area (Å²) in [5.74, 6) is -1.11. The number of carboxylic acid groups (broad SMARTS) is 1. The lowest BCUT2D eigenvalue weighted by Crippen LogP contribution is -2.44. The maximum Gasteiger partial charge on any atom is 0.337 e. The highest BCUT2D eigenvalue weighted by Gasteiger charge is 2.46. The van der Waals surface area contributed by atoms with Gasteiger partial charge in [-0.25, -0.2) is 4.79 Å². The van der Waals surface area contributed by atoms with Gasteiger partial charge in [0.15, 0.2) is 5.60 Å². The first kappa shape index (κ1) is 14.1. The number of methoxy groups -OCH3 is 1. The quantitative estimate of drug-likeness (QED) is 0.915. The fraction of sp³-hybridized carbons (Fsp3) is 0.500. The summed E-state index contributed by atoms with van der Waals surface area (Å²) >= 11 is 0. The second-order valence-electron chi connectivity index (χ2n) is 5.82. The van der Waals surface area contributed by atoms with Crippen LogP contribution < -0.4 is 0 Å². The van der Waals surface area contributed by atoms with Gasteiger partial charge >= 0.3 is 5.97 Å². The lowest BCUT2D eigenvalue weighted by atomic mass is 10.0. The Balaban J connectivity index is 1.79. The third-order valence-electron chi connectivity index (χ3n) is 4.64. The summed E-state index contributed by atoms with van der Waals surface area (Å²) in [6, 6.07) is 5.82. The third kappa shape index (κ3) is 2.31. The summed E-state index contributed by atoms with van der Waals surface area (Å²) in [5, 5.41) is 9.30. The summed E-state index contributed by atoms with van der Waals surface area (Å²) in [4.78, 5) is 25.5. The molecule has 0 saturated carbocycles. The van der Waals surface area contributed by atoms with Crippen molar-refractivity contribution in [1.29, 1.82) is 0 Å². The molecule has 112 valence electrons. The number of carbonyl (C=O) groups is 2. The average molecular weight is 289 g/mol. The Morgan fingerprint density at radius 2 is 2.05 bits per heavy atom. The SMILES string of the molecule is COC1(C(=O)O)CCN(C(=O)c2ccc3c(c2)CCC3)C1.